The molecule has 0 spiro atoms. The summed E-state index contributed by atoms with van der Waals surface area (Å²) in [7, 11) is 1.60. The van der Waals surface area contributed by atoms with Crippen LogP contribution in [0.25, 0.3) is 0 Å². The molecule has 12 heavy (non-hydrogen) atoms. The van der Waals surface area contributed by atoms with Crippen molar-refractivity contribution >= 4 is 11.6 Å². The van der Waals surface area contributed by atoms with Gasteiger partial charge in [0.05, 0.1) is 5.56 Å². The first-order chi connectivity index (χ1) is 5.66. The van der Waals surface area contributed by atoms with Gasteiger partial charge in [0.2, 0.25) is 0 Å². The smallest absolute Gasteiger partial charge is 0.253 e. The van der Waals surface area contributed by atoms with Gasteiger partial charge in [-0.15, -0.1) is 0 Å². The fraction of sp³-hybridized carbons (Fsp3) is 0.125. The third-order valence-corrected chi connectivity index (χ3v) is 1.53. The van der Waals surface area contributed by atoms with Crippen LogP contribution in [0.3, 0.4) is 0 Å². The van der Waals surface area contributed by atoms with E-state index >= 15 is 0 Å². The fourth-order valence-electron chi connectivity index (χ4n) is 0.983. The zero-order valence-corrected chi connectivity index (χ0v) is 6.60. The van der Waals surface area contributed by atoms with Gasteiger partial charge in [-0.25, -0.2) is 4.39 Å². The highest BCUT2D eigenvalue weighted by Crippen LogP contribution is 2.17. The number of hydrogen-bond donors (Lipinski definition) is 2. The molecule has 1 rings (SSSR count). The second-order valence-electron chi connectivity index (χ2n) is 2.28. The van der Waals surface area contributed by atoms with E-state index in [1.165, 1.54) is 12.1 Å². The van der Waals surface area contributed by atoms with Gasteiger partial charge in [-0.2, -0.15) is 0 Å². The van der Waals surface area contributed by atoms with E-state index in [2.05, 4.69) is 5.32 Å². The molecule has 3 N–H and O–H groups in total. The largest absolute Gasteiger partial charge is 0.387 e. The first-order valence-corrected chi connectivity index (χ1v) is 3.43. The second kappa shape index (κ2) is 3.21. The molecule has 1 amide bonds. The topological polar surface area (TPSA) is 55.1 Å². The molecule has 3 nitrogen and oxygen atoms in total. The van der Waals surface area contributed by atoms with Crippen molar-refractivity contribution in [3.8, 4) is 0 Å². The summed E-state index contributed by atoms with van der Waals surface area (Å²) in [4.78, 5) is 10.7. The van der Waals surface area contributed by atoms with Gasteiger partial charge in [-0.3, -0.25) is 4.79 Å². The number of hydrogen-bond acceptors (Lipinski definition) is 2. The number of benzene rings is 1. The van der Waals surface area contributed by atoms with Gasteiger partial charge in [0.1, 0.15) is 5.82 Å². The number of amides is 1. The van der Waals surface area contributed by atoms with E-state index in [1.807, 2.05) is 0 Å². The van der Waals surface area contributed by atoms with E-state index in [4.69, 9.17) is 5.73 Å². The number of rotatable bonds is 2. The molecule has 0 unspecified atom stereocenters. The molecule has 4 heteroatoms. The highest BCUT2D eigenvalue weighted by atomic mass is 19.1. The van der Waals surface area contributed by atoms with E-state index in [0.717, 1.165) is 0 Å². The molecular weight excluding hydrogens is 159 g/mol. The molecule has 0 saturated heterocycles. The van der Waals surface area contributed by atoms with Gasteiger partial charge in [0.15, 0.2) is 0 Å². The SMILES string of the molecule is CNc1cccc(F)c1C(N)=O. The predicted molar refractivity (Wildman–Crippen MR) is 44.5 cm³/mol. The van der Waals surface area contributed by atoms with Gasteiger partial charge in [0.25, 0.3) is 5.91 Å². The zero-order chi connectivity index (χ0) is 9.14. The molecule has 0 aliphatic carbocycles. The minimum atomic E-state index is -0.766. The van der Waals surface area contributed by atoms with Crippen LogP contribution in [0, 0.1) is 5.82 Å². The van der Waals surface area contributed by atoms with Crippen molar-refractivity contribution in [3.63, 3.8) is 0 Å². The molecule has 0 radical (unpaired) electrons. The maximum atomic E-state index is 12.9. The molecule has 0 heterocycles. The first-order valence-electron chi connectivity index (χ1n) is 3.43. The molecule has 0 saturated carbocycles. The number of carbonyl (C=O) groups is 1. The Morgan fingerprint density at radius 3 is 2.67 bits per heavy atom. The summed E-state index contributed by atoms with van der Waals surface area (Å²) in [6, 6.07) is 4.29. The molecule has 64 valence electrons. The fourth-order valence-corrected chi connectivity index (χ4v) is 0.983. The lowest BCUT2D eigenvalue weighted by Crippen LogP contribution is -2.15. The molecule has 1 aromatic rings. The maximum Gasteiger partial charge on any atom is 0.253 e. The van der Waals surface area contributed by atoms with Gasteiger partial charge < -0.3 is 11.1 Å². The van der Waals surface area contributed by atoms with Gasteiger partial charge in [-0.05, 0) is 12.1 Å². The van der Waals surface area contributed by atoms with Crippen molar-refractivity contribution in [3.05, 3.63) is 29.6 Å². The maximum absolute atomic E-state index is 12.9. The first kappa shape index (κ1) is 8.52. The zero-order valence-electron chi connectivity index (χ0n) is 6.60. The van der Waals surface area contributed by atoms with Crippen LogP contribution in [0.15, 0.2) is 18.2 Å². The van der Waals surface area contributed by atoms with Crippen LogP contribution in [0.5, 0.6) is 0 Å². The average Bonchev–Trinajstić information content (AvgIpc) is 2.03. The Labute approximate surface area is 69.4 Å². The van der Waals surface area contributed by atoms with Crippen LogP contribution in [0.1, 0.15) is 10.4 Å². The monoisotopic (exact) mass is 168 g/mol. The van der Waals surface area contributed by atoms with Crippen LogP contribution >= 0.6 is 0 Å². The Kier molecular flexibility index (Phi) is 2.28. The lowest BCUT2D eigenvalue weighted by atomic mass is 10.1. The second-order valence-corrected chi connectivity index (χ2v) is 2.28. The lowest BCUT2D eigenvalue weighted by molar-refractivity contribution is 0.0997. The van der Waals surface area contributed by atoms with Crippen LogP contribution in [-0.2, 0) is 0 Å². The number of nitrogens with two attached hydrogens (primary N) is 1. The van der Waals surface area contributed by atoms with Crippen LogP contribution < -0.4 is 11.1 Å². The molecule has 1 aromatic carbocycles. The van der Waals surface area contributed by atoms with E-state index < -0.39 is 11.7 Å². The Balaban J connectivity index is 3.29. The highest BCUT2D eigenvalue weighted by Gasteiger charge is 2.11. The molecular formula is C8H9FN2O. The van der Waals surface area contributed by atoms with Crippen LogP contribution in [0.4, 0.5) is 10.1 Å². The lowest BCUT2D eigenvalue weighted by Gasteiger charge is -2.05. The number of nitrogens with one attached hydrogen (secondary N) is 1. The molecule has 0 atom stereocenters. The van der Waals surface area contributed by atoms with Gasteiger partial charge in [0, 0.05) is 12.7 Å². The average molecular weight is 168 g/mol. The quantitative estimate of drug-likeness (QED) is 0.691. The number of primary amides is 1. The normalized spacial score (nSPS) is 9.50. The molecule has 0 fully saturated rings. The Morgan fingerprint density at radius 1 is 1.58 bits per heavy atom. The van der Waals surface area contributed by atoms with Crippen molar-refractivity contribution in [2.45, 2.75) is 0 Å². The van der Waals surface area contributed by atoms with E-state index in [-0.39, 0.29) is 5.56 Å². The number of carbonyl (C=O) groups excluding carboxylic acids is 1. The summed E-state index contributed by atoms with van der Waals surface area (Å²) in [6.45, 7) is 0. The molecule has 0 aliphatic rings. The van der Waals surface area contributed by atoms with E-state index in [1.54, 1.807) is 13.1 Å². The highest BCUT2D eigenvalue weighted by molar-refractivity contribution is 5.98. The minimum absolute atomic E-state index is 0.0972. The predicted octanol–water partition coefficient (Wildman–Crippen LogP) is 0.966. The Morgan fingerprint density at radius 2 is 2.25 bits per heavy atom. The van der Waals surface area contributed by atoms with Crippen molar-refractivity contribution in [2.24, 2.45) is 5.73 Å². The standard InChI is InChI=1S/C8H9FN2O/c1-11-6-4-2-3-5(9)7(6)8(10)12/h2-4,11H,1H3,(H2,10,12). The Bertz CT molecular complexity index is 312. The van der Waals surface area contributed by atoms with Gasteiger partial charge >= 0.3 is 0 Å². The Hall–Kier alpha value is -1.58. The minimum Gasteiger partial charge on any atom is -0.387 e. The summed E-state index contributed by atoms with van der Waals surface area (Å²) in [5.41, 5.74) is 5.28. The summed E-state index contributed by atoms with van der Waals surface area (Å²) in [6.07, 6.45) is 0. The number of anilines is 1. The summed E-state index contributed by atoms with van der Waals surface area (Å²) >= 11 is 0. The van der Waals surface area contributed by atoms with Crippen molar-refractivity contribution in [1.82, 2.24) is 0 Å². The van der Waals surface area contributed by atoms with E-state index in [0.29, 0.717) is 5.69 Å². The molecule has 0 bridgehead atoms. The number of halogens is 1. The van der Waals surface area contributed by atoms with E-state index in [9.17, 15) is 9.18 Å². The third-order valence-electron chi connectivity index (χ3n) is 1.53. The van der Waals surface area contributed by atoms with Crippen molar-refractivity contribution < 1.29 is 9.18 Å². The third kappa shape index (κ3) is 1.37. The van der Waals surface area contributed by atoms with Crippen molar-refractivity contribution in [1.29, 1.82) is 0 Å². The van der Waals surface area contributed by atoms with Gasteiger partial charge in [-0.1, -0.05) is 6.07 Å². The van der Waals surface area contributed by atoms with Crippen molar-refractivity contribution in [2.75, 3.05) is 12.4 Å². The molecule has 0 aliphatic heterocycles. The summed E-state index contributed by atoms with van der Waals surface area (Å²) < 4.78 is 12.9. The molecule has 0 aromatic heterocycles. The summed E-state index contributed by atoms with van der Waals surface area (Å²) in [5.74, 6) is -1.37. The van der Waals surface area contributed by atoms with Crippen LogP contribution in [-0.4, -0.2) is 13.0 Å². The summed E-state index contributed by atoms with van der Waals surface area (Å²) in [5, 5.41) is 2.68. The van der Waals surface area contributed by atoms with Crippen LogP contribution in [0.2, 0.25) is 0 Å².